The Bertz CT molecular complexity index is 1260. The number of hydrogen-bond donors (Lipinski definition) is 0. The van der Waals surface area contributed by atoms with Gasteiger partial charge in [-0.15, -0.1) is 0 Å². The highest BCUT2D eigenvalue weighted by molar-refractivity contribution is 6.31. The molecule has 2 aliphatic heterocycles. The topological polar surface area (TPSA) is 70.8 Å². The first kappa shape index (κ1) is 17.0. The van der Waals surface area contributed by atoms with E-state index in [1.165, 1.54) is 15.9 Å². The molecule has 3 aromatic rings. The number of carbonyl (C=O) groups excluding carboxylic acids is 2. The molecule has 2 aliphatic rings. The minimum Gasteiger partial charge on any atom is -0.450 e. The molecular weight excluding hydrogens is 380 g/mol. The molecule has 0 aliphatic carbocycles. The molecule has 1 aromatic heterocycles. The minimum atomic E-state index is -1.52. The molecule has 0 saturated carbocycles. The third kappa shape index (κ3) is 1.76. The van der Waals surface area contributed by atoms with Crippen molar-refractivity contribution in [3.63, 3.8) is 0 Å². The number of carbonyl (C=O) groups is 2. The van der Waals surface area contributed by atoms with Gasteiger partial charge >= 0.3 is 0 Å². The molecule has 1 spiro atoms. The van der Waals surface area contributed by atoms with Crippen molar-refractivity contribution in [2.45, 2.75) is 12.5 Å². The molecule has 0 saturated heterocycles. The number of hydrogen-bond acceptors (Lipinski definition) is 4. The molecule has 3 heterocycles. The van der Waals surface area contributed by atoms with Crippen LogP contribution in [0.5, 0.6) is 0 Å². The van der Waals surface area contributed by atoms with Gasteiger partial charge in [0.2, 0.25) is 5.76 Å². The lowest BCUT2D eigenvalue weighted by Crippen LogP contribution is -2.52. The van der Waals surface area contributed by atoms with Gasteiger partial charge in [0.25, 0.3) is 11.8 Å². The third-order valence-corrected chi connectivity index (χ3v) is 5.88. The maximum Gasteiger partial charge on any atom is 0.291 e. The molecule has 6 nitrogen and oxygen atoms in total. The summed E-state index contributed by atoms with van der Waals surface area (Å²) in [5, 5.41) is 0.622. The molecule has 0 N–H and O–H groups in total. The van der Waals surface area contributed by atoms with Crippen LogP contribution in [0.1, 0.15) is 28.6 Å². The van der Waals surface area contributed by atoms with Gasteiger partial charge in [-0.05, 0) is 31.2 Å². The average molecular weight is 395 g/mol. The van der Waals surface area contributed by atoms with E-state index in [-0.39, 0.29) is 34.7 Å². The van der Waals surface area contributed by atoms with Crippen LogP contribution in [0, 0.1) is 0 Å². The quantitative estimate of drug-likeness (QED) is 0.635. The van der Waals surface area contributed by atoms with E-state index >= 15 is 0 Å². The zero-order chi connectivity index (χ0) is 19.8. The van der Waals surface area contributed by atoms with Crippen LogP contribution in [0.25, 0.3) is 11.0 Å². The maximum absolute atomic E-state index is 13.5. The van der Waals surface area contributed by atoms with Crippen molar-refractivity contribution in [2.24, 2.45) is 0 Å². The van der Waals surface area contributed by atoms with E-state index in [2.05, 4.69) is 0 Å². The standard InChI is InChI=1S/C21H15ClN2O4/c1-3-24-19(26)18-16(17(25)12-10-11(22)8-9-15(12)28-18)21(24)13-6-4-5-7-14(13)23(2)20(21)27/h4-10H,3H2,1-2H3/t21-/m0/s1. The predicted octanol–water partition coefficient (Wildman–Crippen LogP) is 3.14. The van der Waals surface area contributed by atoms with E-state index < -0.39 is 16.9 Å². The molecule has 5 rings (SSSR count). The first-order valence-corrected chi connectivity index (χ1v) is 9.27. The lowest BCUT2D eigenvalue weighted by Gasteiger charge is -2.33. The van der Waals surface area contributed by atoms with Gasteiger partial charge in [-0.3, -0.25) is 14.4 Å². The smallest absolute Gasteiger partial charge is 0.291 e. The van der Waals surface area contributed by atoms with Crippen molar-refractivity contribution in [1.82, 2.24) is 4.90 Å². The Labute approximate surface area is 164 Å². The van der Waals surface area contributed by atoms with Crippen LogP contribution in [-0.4, -0.2) is 30.3 Å². The summed E-state index contributed by atoms with van der Waals surface area (Å²) < 4.78 is 5.85. The second-order valence-electron chi connectivity index (χ2n) is 6.92. The van der Waals surface area contributed by atoms with Crippen LogP contribution in [-0.2, 0) is 10.3 Å². The van der Waals surface area contributed by atoms with Gasteiger partial charge in [-0.1, -0.05) is 29.8 Å². The van der Waals surface area contributed by atoms with Crippen LogP contribution < -0.4 is 10.3 Å². The maximum atomic E-state index is 13.5. The van der Waals surface area contributed by atoms with Crippen molar-refractivity contribution >= 4 is 40.1 Å². The van der Waals surface area contributed by atoms with E-state index in [1.807, 2.05) is 6.07 Å². The number of rotatable bonds is 1. The Morgan fingerprint density at radius 2 is 1.86 bits per heavy atom. The highest BCUT2D eigenvalue weighted by Crippen LogP contribution is 2.51. The van der Waals surface area contributed by atoms with Crippen molar-refractivity contribution in [3.8, 4) is 0 Å². The average Bonchev–Trinajstić information content (AvgIpc) is 3.08. The lowest BCUT2D eigenvalue weighted by molar-refractivity contribution is -0.125. The van der Waals surface area contributed by atoms with E-state index in [9.17, 15) is 14.4 Å². The fourth-order valence-electron chi connectivity index (χ4n) is 4.48. The Morgan fingerprint density at radius 3 is 2.61 bits per heavy atom. The predicted molar refractivity (Wildman–Crippen MR) is 105 cm³/mol. The Balaban J connectivity index is 1.99. The monoisotopic (exact) mass is 394 g/mol. The minimum absolute atomic E-state index is 0.0657. The van der Waals surface area contributed by atoms with Gasteiger partial charge in [-0.2, -0.15) is 0 Å². The highest BCUT2D eigenvalue weighted by Gasteiger charge is 2.64. The van der Waals surface area contributed by atoms with E-state index in [0.717, 1.165) is 0 Å². The summed E-state index contributed by atoms with van der Waals surface area (Å²) in [5.74, 6) is -0.902. The van der Waals surface area contributed by atoms with Gasteiger partial charge in [0.15, 0.2) is 11.0 Å². The Morgan fingerprint density at radius 1 is 1.11 bits per heavy atom. The zero-order valence-electron chi connectivity index (χ0n) is 15.2. The van der Waals surface area contributed by atoms with Gasteiger partial charge in [0, 0.05) is 29.9 Å². The molecule has 0 unspecified atom stereocenters. The van der Waals surface area contributed by atoms with Crippen LogP contribution >= 0.6 is 11.6 Å². The molecule has 0 fully saturated rings. The summed E-state index contributed by atoms with van der Waals surface area (Å²) in [6.45, 7) is 2.02. The zero-order valence-corrected chi connectivity index (χ0v) is 15.9. The number of nitrogens with zero attached hydrogens (tertiary/aromatic N) is 2. The van der Waals surface area contributed by atoms with Gasteiger partial charge in [0.1, 0.15) is 5.58 Å². The van der Waals surface area contributed by atoms with E-state index in [0.29, 0.717) is 16.3 Å². The fourth-order valence-corrected chi connectivity index (χ4v) is 4.65. The van der Waals surface area contributed by atoms with Gasteiger partial charge in [0.05, 0.1) is 10.9 Å². The fraction of sp³-hybridized carbons (Fsp3) is 0.190. The van der Waals surface area contributed by atoms with E-state index in [1.54, 1.807) is 44.3 Å². The van der Waals surface area contributed by atoms with Gasteiger partial charge in [-0.25, -0.2) is 0 Å². The number of anilines is 1. The number of halogens is 1. The SMILES string of the molecule is CCN1C(=O)c2oc3ccc(Cl)cc3c(=O)c2[C@@]12C(=O)N(C)c1ccccc12. The summed E-state index contributed by atoms with van der Waals surface area (Å²) in [6.07, 6.45) is 0. The number of likely N-dealkylation sites (N-methyl/N-ethyl adjacent to an activating group) is 2. The Hall–Kier alpha value is -3.12. The van der Waals surface area contributed by atoms with Crippen molar-refractivity contribution in [3.05, 3.63) is 74.6 Å². The number of benzene rings is 2. The van der Waals surface area contributed by atoms with Crippen LogP contribution in [0.2, 0.25) is 5.02 Å². The molecule has 7 heteroatoms. The number of fused-ring (bicyclic) bond motifs is 5. The van der Waals surface area contributed by atoms with Gasteiger partial charge < -0.3 is 14.2 Å². The first-order chi connectivity index (χ1) is 13.4. The van der Waals surface area contributed by atoms with Crippen molar-refractivity contribution < 1.29 is 14.0 Å². The molecule has 1 atom stereocenters. The Kier molecular flexibility index (Phi) is 3.31. The highest BCUT2D eigenvalue weighted by atomic mass is 35.5. The van der Waals surface area contributed by atoms with Crippen LogP contribution in [0.15, 0.2) is 51.7 Å². The second kappa shape index (κ2) is 5.45. The first-order valence-electron chi connectivity index (χ1n) is 8.89. The van der Waals surface area contributed by atoms with Crippen molar-refractivity contribution in [1.29, 1.82) is 0 Å². The third-order valence-electron chi connectivity index (χ3n) is 5.64. The van der Waals surface area contributed by atoms with Crippen molar-refractivity contribution in [2.75, 3.05) is 18.5 Å². The van der Waals surface area contributed by atoms with Crippen LogP contribution in [0.3, 0.4) is 0 Å². The molecule has 140 valence electrons. The molecule has 28 heavy (non-hydrogen) atoms. The molecule has 0 radical (unpaired) electrons. The largest absolute Gasteiger partial charge is 0.450 e. The summed E-state index contributed by atoms with van der Waals surface area (Å²) in [4.78, 5) is 43.2. The number of para-hydroxylation sites is 1. The molecular formula is C21H15ClN2O4. The summed E-state index contributed by atoms with van der Waals surface area (Å²) in [7, 11) is 1.64. The lowest BCUT2D eigenvalue weighted by atomic mass is 9.84. The van der Waals surface area contributed by atoms with E-state index in [4.69, 9.17) is 16.0 Å². The summed E-state index contributed by atoms with van der Waals surface area (Å²) in [5.41, 5.74) is -0.342. The summed E-state index contributed by atoms with van der Waals surface area (Å²) >= 11 is 6.08. The second-order valence-corrected chi connectivity index (χ2v) is 7.35. The number of amides is 2. The molecule has 2 aromatic carbocycles. The molecule has 2 amide bonds. The van der Waals surface area contributed by atoms with Crippen LogP contribution in [0.4, 0.5) is 5.69 Å². The molecule has 0 bridgehead atoms. The summed E-state index contributed by atoms with van der Waals surface area (Å²) in [6, 6.07) is 11.9. The normalized spacial score (nSPS) is 20.4.